The molecule has 0 unspecified atom stereocenters. The molecule has 1 amide bonds. The highest BCUT2D eigenvalue weighted by Crippen LogP contribution is 2.28. The van der Waals surface area contributed by atoms with Gasteiger partial charge in [0.05, 0.1) is 18.1 Å². The molecule has 0 atom stereocenters. The Morgan fingerprint density at radius 3 is 2.85 bits per heavy atom. The average molecular weight is 383 g/mol. The van der Waals surface area contributed by atoms with Gasteiger partial charge in [-0.3, -0.25) is 9.78 Å². The van der Waals surface area contributed by atoms with Gasteiger partial charge in [-0.2, -0.15) is 5.10 Å². The molecule has 140 valence electrons. The van der Waals surface area contributed by atoms with Gasteiger partial charge in [-0.1, -0.05) is 17.8 Å². The van der Waals surface area contributed by atoms with Crippen molar-refractivity contribution in [3.05, 3.63) is 36.3 Å². The van der Waals surface area contributed by atoms with Crippen LogP contribution >= 0.6 is 11.8 Å². The first-order valence-electron chi connectivity index (χ1n) is 8.98. The summed E-state index contributed by atoms with van der Waals surface area (Å²) >= 11 is 1.53. The first-order valence-corrected chi connectivity index (χ1v) is 10.2. The number of amides is 1. The standard InChI is InChI=1S/C18H21N7OS/c1-27-18-22-15(24-9-4-5-10-24)13-12-21-25(16(13)23-18)11-8-20-17(26)14-6-2-3-7-19-14/h2-3,6-7,12H,4-5,8-11H2,1H3,(H,20,26). The van der Waals surface area contributed by atoms with E-state index in [2.05, 4.69) is 25.3 Å². The van der Waals surface area contributed by atoms with Crippen molar-refractivity contribution in [3.8, 4) is 0 Å². The Bertz CT molecular complexity index is 938. The number of pyridine rings is 1. The smallest absolute Gasteiger partial charge is 0.269 e. The van der Waals surface area contributed by atoms with Gasteiger partial charge < -0.3 is 10.2 Å². The van der Waals surface area contributed by atoms with Gasteiger partial charge in [-0.25, -0.2) is 14.6 Å². The summed E-state index contributed by atoms with van der Waals surface area (Å²) in [5.74, 6) is 0.773. The van der Waals surface area contributed by atoms with Gasteiger partial charge in [-0.05, 0) is 31.2 Å². The molecule has 1 saturated heterocycles. The molecule has 1 N–H and O–H groups in total. The van der Waals surface area contributed by atoms with E-state index in [-0.39, 0.29) is 5.91 Å². The topological polar surface area (TPSA) is 88.8 Å². The maximum atomic E-state index is 12.1. The van der Waals surface area contributed by atoms with E-state index in [1.54, 1.807) is 24.4 Å². The lowest BCUT2D eigenvalue weighted by Crippen LogP contribution is -2.28. The molecule has 1 aliphatic heterocycles. The zero-order chi connectivity index (χ0) is 18.6. The Morgan fingerprint density at radius 2 is 2.11 bits per heavy atom. The van der Waals surface area contributed by atoms with Crippen LogP contribution in [0.5, 0.6) is 0 Å². The number of hydrogen-bond acceptors (Lipinski definition) is 7. The Labute approximate surface area is 161 Å². The summed E-state index contributed by atoms with van der Waals surface area (Å²) in [6.07, 6.45) is 7.79. The molecule has 1 aliphatic rings. The van der Waals surface area contributed by atoms with Crippen LogP contribution in [0.25, 0.3) is 11.0 Å². The van der Waals surface area contributed by atoms with Crippen LogP contribution in [0.15, 0.2) is 35.7 Å². The molecule has 4 heterocycles. The Balaban J connectivity index is 1.52. The van der Waals surface area contributed by atoms with Crippen LogP contribution in [0.2, 0.25) is 0 Å². The Morgan fingerprint density at radius 1 is 1.26 bits per heavy atom. The molecule has 0 aliphatic carbocycles. The minimum absolute atomic E-state index is 0.191. The fourth-order valence-electron chi connectivity index (χ4n) is 3.21. The lowest BCUT2D eigenvalue weighted by molar-refractivity contribution is 0.0947. The van der Waals surface area contributed by atoms with E-state index >= 15 is 0 Å². The maximum Gasteiger partial charge on any atom is 0.269 e. The third-order valence-corrected chi connectivity index (χ3v) is 5.10. The first-order chi connectivity index (χ1) is 13.3. The Hall–Kier alpha value is -2.68. The number of thioether (sulfide) groups is 1. The quantitative estimate of drug-likeness (QED) is 0.514. The van der Waals surface area contributed by atoms with Gasteiger partial charge in [0, 0.05) is 25.8 Å². The van der Waals surface area contributed by atoms with E-state index in [0.717, 1.165) is 35.1 Å². The van der Waals surface area contributed by atoms with Gasteiger partial charge in [0.15, 0.2) is 10.8 Å². The van der Waals surface area contributed by atoms with Gasteiger partial charge in [0.1, 0.15) is 11.5 Å². The zero-order valence-electron chi connectivity index (χ0n) is 15.1. The van der Waals surface area contributed by atoms with E-state index in [0.29, 0.717) is 18.8 Å². The van der Waals surface area contributed by atoms with Gasteiger partial charge in [-0.15, -0.1) is 0 Å². The second kappa shape index (κ2) is 7.91. The summed E-state index contributed by atoms with van der Waals surface area (Å²) in [4.78, 5) is 27.8. The predicted molar refractivity (Wildman–Crippen MR) is 105 cm³/mol. The summed E-state index contributed by atoms with van der Waals surface area (Å²) < 4.78 is 1.83. The minimum Gasteiger partial charge on any atom is -0.356 e. The molecular formula is C18H21N7OS. The van der Waals surface area contributed by atoms with Crippen molar-refractivity contribution >= 4 is 34.5 Å². The lowest BCUT2D eigenvalue weighted by Gasteiger charge is -2.17. The molecule has 0 bridgehead atoms. The Kier molecular flexibility index (Phi) is 5.19. The summed E-state index contributed by atoms with van der Waals surface area (Å²) in [7, 11) is 0. The van der Waals surface area contributed by atoms with Crippen LogP contribution in [-0.4, -0.2) is 56.5 Å². The van der Waals surface area contributed by atoms with Crippen molar-refractivity contribution in [2.45, 2.75) is 24.5 Å². The minimum atomic E-state index is -0.191. The highest BCUT2D eigenvalue weighted by Gasteiger charge is 2.20. The van der Waals surface area contributed by atoms with E-state index in [9.17, 15) is 4.79 Å². The average Bonchev–Trinajstić information content (AvgIpc) is 3.38. The molecule has 27 heavy (non-hydrogen) atoms. The molecule has 3 aromatic rings. The van der Waals surface area contributed by atoms with E-state index in [4.69, 9.17) is 4.98 Å². The van der Waals surface area contributed by atoms with Crippen LogP contribution in [-0.2, 0) is 6.54 Å². The molecule has 9 heteroatoms. The molecule has 4 rings (SSSR count). The van der Waals surface area contributed by atoms with E-state index in [1.807, 2.05) is 17.1 Å². The third-order valence-electron chi connectivity index (χ3n) is 4.55. The number of nitrogens with zero attached hydrogens (tertiary/aromatic N) is 6. The second-order valence-electron chi connectivity index (χ2n) is 6.30. The third kappa shape index (κ3) is 3.73. The number of anilines is 1. The number of hydrogen-bond donors (Lipinski definition) is 1. The fourth-order valence-corrected chi connectivity index (χ4v) is 3.56. The zero-order valence-corrected chi connectivity index (χ0v) is 15.9. The van der Waals surface area contributed by atoms with Crippen LogP contribution in [0.4, 0.5) is 5.82 Å². The number of nitrogens with one attached hydrogen (secondary N) is 1. The monoisotopic (exact) mass is 383 g/mol. The highest BCUT2D eigenvalue weighted by atomic mass is 32.2. The van der Waals surface area contributed by atoms with Crippen molar-refractivity contribution in [3.63, 3.8) is 0 Å². The van der Waals surface area contributed by atoms with Crippen LogP contribution in [0.3, 0.4) is 0 Å². The van der Waals surface area contributed by atoms with Crippen LogP contribution in [0.1, 0.15) is 23.3 Å². The predicted octanol–water partition coefficient (Wildman–Crippen LogP) is 1.97. The molecule has 0 aromatic carbocycles. The van der Waals surface area contributed by atoms with E-state index in [1.165, 1.54) is 24.6 Å². The van der Waals surface area contributed by atoms with Crippen LogP contribution in [0, 0.1) is 0 Å². The summed E-state index contributed by atoms with van der Waals surface area (Å²) in [5, 5.41) is 9.07. The molecule has 8 nitrogen and oxygen atoms in total. The summed E-state index contributed by atoms with van der Waals surface area (Å²) in [6, 6.07) is 5.27. The van der Waals surface area contributed by atoms with Crippen molar-refractivity contribution in [1.82, 2.24) is 30.0 Å². The molecule has 0 radical (unpaired) electrons. The van der Waals surface area contributed by atoms with E-state index < -0.39 is 0 Å². The number of carbonyl (C=O) groups is 1. The molecule has 3 aromatic heterocycles. The van der Waals surface area contributed by atoms with Crippen molar-refractivity contribution < 1.29 is 4.79 Å². The normalized spacial score (nSPS) is 14.0. The van der Waals surface area contributed by atoms with Gasteiger partial charge in [0.25, 0.3) is 5.91 Å². The lowest BCUT2D eigenvalue weighted by atomic mass is 10.3. The van der Waals surface area contributed by atoms with Crippen molar-refractivity contribution in [2.24, 2.45) is 0 Å². The fraction of sp³-hybridized carbons (Fsp3) is 0.389. The molecule has 1 fully saturated rings. The maximum absolute atomic E-state index is 12.1. The molecular weight excluding hydrogens is 362 g/mol. The second-order valence-corrected chi connectivity index (χ2v) is 7.08. The van der Waals surface area contributed by atoms with Gasteiger partial charge >= 0.3 is 0 Å². The summed E-state index contributed by atoms with van der Waals surface area (Å²) in [5.41, 5.74) is 1.22. The summed E-state index contributed by atoms with van der Waals surface area (Å²) in [6.45, 7) is 3.02. The highest BCUT2D eigenvalue weighted by molar-refractivity contribution is 7.98. The van der Waals surface area contributed by atoms with Crippen molar-refractivity contribution in [2.75, 3.05) is 30.8 Å². The molecule has 0 spiro atoms. The largest absolute Gasteiger partial charge is 0.356 e. The number of fused-ring (bicyclic) bond motifs is 1. The van der Waals surface area contributed by atoms with Crippen molar-refractivity contribution in [1.29, 1.82) is 0 Å². The number of rotatable bonds is 6. The first kappa shape index (κ1) is 17.7. The van der Waals surface area contributed by atoms with Gasteiger partial charge in [0.2, 0.25) is 0 Å². The number of carbonyl (C=O) groups excluding carboxylic acids is 1. The SMILES string of the molecule is CSc1nc(N2CCCC2)c2cnn(CCNC(=O)c3ccccn3)c2n1. The number of aromatic nitrogens is 5. The molecule has 0 saturated carbocycles. The van der Waals surface area contributed by atoms with Crippen LogP contribution < -0.4 is 10.2 Å².